The predicted molar refractivity (Wildman–Crippen MR) is 77.5 cm³/mol. The van der Waals surface area contributed by atoms with Gasteiger partial charge in [-0.25, -0.2) is 0 Å². The molecule has 1 saturated carbocycles. The maximum Gasteiger partial charge on any atom is 0.312 e. The zero-order valence-electron chi connectivity index (χ0n) is 11.8. The first-order valence-corrected chi connectivity index (χ1v) is 8.69. The van der Waals surface area contributed by atoms with Crippen molar-refractivity contribution < 1.29 is 14.4 Å². The maximum absolute atomic E-state index is 12.1. The summed E-state index contributed by atoms with van der Waals surface area (Å²) >= 11 is 3.52. The van der Waals surface area contributed by atoms with Crippen LogP contribution >= 0.6 is 15.9 Å². The van der Waals surface area contributed by atoms with E-state index in [-0.39, 0.29) is 11.4 Å². The lowest BCUT2D eigenvalue weighted by Gasteiger charge is -2.41. The molecule has 4 heteroatoms. The third-order valence-electron chi connectivity index (χ3n) is 5.46. The van der Waals surface area contributed by atoms with Crippen molar-refractivity contribution in [1.82, 2.24) is 0 Å². The summed E-state index contributed by atoms with van der Waals surface area (Å²) in [4.78, 5) is 14.2. The highest BCUT2D eigenvalue weighted by molar-refractivity contribution is 9.09. The number of alkyl halides is 1. The van der Waals surface area contributed by atoms with Crippen LogP contribution < -0.4 is 4.90 Å². The molecule has 19 heavy (non-hydrogen) atoms. The van der Waals surface area contributed by atoms with E-state index in [9.17, 15) is 4.79 Å². The number of piperidine rings is 2. The minimum Gasteiger partial charge on any atom is -0.465 e. The summed E-state index contributed by atoms with van der Waals surface area (Å²) in [6, 6.07) is 0.752. The quantitative estimate of drug-likeness (QED) is 0.628. The summed E-state index contributed by atoms with van der Waals surface area (Å²) in [6.07, 6.45) is 7.54. The Labute approximate surface area is 124 Å². The number of esters is 1. The largest absolute Gasteiger partial charge is 0.465 e. The summed E-state index contributed by atoms with van der Waals surface area (Å²) in [5.41, 5.74) is -0.242. The SMILES string of the molecule is C[C@@]1(C(=O)OC[C@@H]2CCC[NH+]3CCCC[C@H]23)C[C@@H]1Br. The number of carbonyl (C=O) groups is 1. The highest BCUT2D eigenvalue weighted by Crippen LogP contribution is 2.52. The Bertz CT molecular complexity index is 360. The van der Waals surface area contributed by atoms with Gasteiger partial charge in [-0.15, -0.1) is 0 Å². The molecule has 1 aliphatic carbocycles. The van der Waals surface area contributed by atoms with Gasteiger partial charge in [0.25, 0.3) is 0 Å². The van der Waals surface area contributed by atoms with E-state index < -0.39 is 0 Å². The molecule has 1 unspecified atom stereocenters. The van der Waals surface area contributed by atoms with Crippen LogP contribution in [-0.4, -0.2) is 36.5 Å². The number of fused-ring (bicyclic) bond motifs is 1. The van der Waals surface area contributed by atoms with Gasteiger partial charge in [0.15, 0.2) is 0 Å². The molecule has 0 amide bonds. The second-order valence-electron chi connectivity index (χ2n) is 6.85. The summed E-state index contributed by atoms with van der Waals surface area (Å²) in [7, 11) is 0. The van der Waals surface area contributed by atoms with Gasteiger partial charge in [-0.1, -0.05) is 15.9 Å². The van der Waals surface area contributed by atoms with Gasteiger partial charge < -0.3 is 9.64 Å². The molecule has 3 nitrogen and oxygen atoms in total. The van der Waals surface area contributed by atoms with E-state index in [0.29, 0.717) is 17.4 Å². The minimum absolute atomic E-state index is 0.0114. The van der Waals surface area contributed by atoms with E-state index in [1.54, 1.807) is 4.90 Å². The summed E-state index contributed by atoms with van der Waals surface area (Å²) in [5.74, 6) is 0.612. The van der Waals surface area contributed by atoms with E-state index in [1.165, 1.54) is 45.2 Å². The molecule has 2 heterocycles. The third-order valence-corrected chi connectivity index (χ3v) is 6.79. The average molecular weight is 331 g/mol. The molecule has 3 fully saturated rings. The fourth-order valence-corrected chi connectivity index (χ4v) is 4.71. The molecule has 108 valence electrons. The van der Waals surface area contributed by atoms with Crippen LogP contribution in [-0.2, 0) is 9.53 Å². The number of hydrogen-bond acceptors (Lipinski definition) is 2. The Morgan fingerprint density at radius 3 is 2.79 bits per heavy atom. The van der Waals surface area contributed by atoms with Gasteiger partial charge >= 0.3 is 5.97 Å². The molecule has 5 atom stereocenters. The molecule has 3 aliphatic rings. The van der Waals surface area contributed by atoms with Gasteiger partial charge in [-0.3, -0.25) is 4.79 Å². The molecular weight excluding hydrogens is 306 g/mol. The normalized spacial score (nSPS) is 45.4. The standard InChI is InChI=1S/C15H24BrNO2/c1-15(9-13(15)16)14(18)19-10-11-5-4-8-17-7-3-2-6-12(11)17/h11-13H,2-10H2,1H3/p+1/t11-,12+,13-,15+/m0/s1. The van der Waals surface area contributed by atoms with Gasteiger partial charge in [0, 0.05) is 10.7 Å². The number of quaternary nitrogens is 1. The molecule has 3 rings (SSSR count). The molecule has 2 aliphatic heterocycles. The van der Waals surface area contributed by atoms with E-state index >= 15 is 0 Å². The van der Waals surface area contributed by atoms with E-state index in [2.05, 4.69) is 15.9 Å². The second kappa shape index (κ2) is 5.36. The Balaban J connectivity index is 1.53. The third kappa shape index (κ3) is 2.71. The molecule has 0 bridgehead atoms. The predicted octanol–water partition coefficient (Wildman–Crippen LogP) is 1.55. The van der Waals surface area contributed by atoms with Crippen LogP contribution in [0.25, 0.3) is 0 Å². The van der Waals surface area contributed by atoms with Crippen LogP contribution in [0.3, 0.4) is 0 Å². The molecule has 0 aromatic rings. The topological polar surface area (TPSA) is 30.7 Å². The van der Waals surface area contributed by atoms with Gasteiger partial charge in [0.05, 0.1) is 31.2 Å². The Hall–Kier alpha value is -0.0900. The van der Waals surface area contributed by atoms with Crippen LogP contribution in [0.2, 0.25) is 0 Å². The number of halogens is 1. The number of nitrogens with one attached hydrogen (secondary N) is 1. The molecule has 0 aromatic carbocycles. The summed E-state index contributed by atoms with van der Waals surface area (Å²) < 4.78 is 5.65. The Morgan fingerprint density at radius 2 is 2.05 bits per heavy atom. The maximum atomic E-state index is 12.1. The first kappa shape index (κ1) is 13.9. The smallest absolute Gasteiger partial charge is 0.312 e. The van der Waals surface area contributed by atoms with Gasteiger partial charge in [-0.2, -0.15) is 0 Å². The van der Waals surface area contributed by atoms with Crippen LogP contribution in [0.15, 0.2) is 0 Å². The van der Waals surface area contributed by atoms with E-state index in [4.69, 9.17) is 4.74 Å². The average Bonchev–Trinajstić information content (AvgIpc) is 3.05. The van der Waals surface area contributed by atoms with Crippen molar-refractivity contribution in [2.45, 2.75) is 56.3 Å². The van der Waals surface area contributed by atoms with E-state index in [1.807, 2.05) is 6.92 Å². The molecule has 0 spiro atoms. The van der Waals surface area contributed by atoms with Gasteiger partial charge in [-0.05, 0) is 45.4 Å². The molecule has 0 aromatic heterocycles. The molecule has 2 saturated heterocycles. The lowest BCUT2D eigenvalue weighted by molar-refractivity contribution is -0.940. The number of carbonyl (C=O) groups excluding carboxylic acids is 1. The number of ether oxygens (including phenoxy) is 1. The lowest BCUT2D eigenvalue weighted by Crippen LogP contribution is -3.18. The lowest BCUT2D eigenvalue weighted by atomic mass is 9.84. The monoisotopic (exact) mass is 330 g/mol. The zero-order valence-corrected chi connectivity index (χ0v) is 13.4. The van der Waals surface area contributed by atoms with Gasteiger partial charge in [0.1, 0.15) is 0 Å². The van der Waals surface area contributed by atoms with Crippen molar-refractivity contribution in [2.75, 3.05) is 19.7 Å². The van der Waals surface area contributed by atoms with Crippen molar-refractivity contribution in [3.63, 3.8) is 0 Å². The Morgan fingerprint density at radius 1 is 1.32 bits per heavy atom. The van der Waals surface area contributed by atoms with Crippen LogP contribution in [0.1, 0.15) is 45.4 Å². The van der Waals surface area contributed by atoms with Crippen molar-refractivity contribution in [1.29, 1.82) is 0 Å². The summed E-state index contributed by atoms with van der Waals surface area (Å²) in [6.45, 7) is 5.32. The highest BCUT2D eigenvalue weighted by Gasteiger charge is 2.56. The van der Waals surface area contributed by atoms with Crippen molar-refractivity contribution in [3.05, 3.63) is 0 Å². The molecular formula is C15H25BrNO2+. The second-order valence-corrected chi connectivity index (χ2v) is 7.96. The number of hydrogen-bond donors (Lipinski definition) is 1. The van der Waals surface area contributed by atoms with Crippen LogP contribution in [0.5, 0.6) is 0 Å². The van der Waals surface area contributed by atoms with E-state index in [0.717, 1.165) is 12.5 Å². The van der Waals surface area contributed by atoms with Gasteiger partial charge in [0.2, 0.25) is 0 Å². The first-order valence-electron chi connectivity index (χ1n) is 7.77. The fourth-order valence-electron chi connectivity index (χ4n) is 3.85. The van der Waals surface area contributed by atoms with Crippen molar-refractivity contribution in [3.8, 4) is 0 Å². The van der Waals surface area contributed by atoms with Crippen LogP contribution in [0.4, 0.5) is 0 Å². The van der Waals surface area contributed by atoms with Crippen molar-refractivity contribution >= 4 is 21.9 Å². The van der Waals surface area contributed by atoms with Crippen molar-refractivity contribution in [2.24, 2.45) is 11.3 Å². The Kier molecular flexibility index (Phi) is 3.91. The van der Waals surface area contributed by atoms with Crippen LogP contribution in [0, 0.1) is 11.3 Å². The first-order chi connectivity index (χ1) is 9.11. The minimum atomic E-state index is -0.242. The molecule has 0 radical (unpaired) electrons. The molecule has 1 N–H and O–H groups in total. The number of rotatable bonds is 3. The summed E-state index contributed by atoms with van der Waals surface area (Å²) in [5, 5.41) is 0. The zero-order chi connectivity index (χ0) is 13.5. The fraction of sp³-hybridized carbons (Fsp3) is 0.933. The highest BCUT2D eigenvalue weighted by atomic mass is 79.9.